The Morgan fingerprint density at radius 1 is 1.43 bits per heavy atom. The lowest BCUT2D eigenvalue weighted by Gasteiger charge is -2.26. The molecule has 0 aliphatic carbocycles. The summed E-state index contributed by atoms with van der Waals surface area (Å²) in [6.07, 6.45) is 0. The van der Waals surface area contributed by atoms with Crippen molar-refractivity contribution < 1.29 is 9.59 Å². The van der Waals surface area contributed by atoms with Gasteiger partial charge in [0, 0.05) is 31.0 Å². The summed E-state index contributed by atoms with van der Waals surface area (Å²) in [6, 6.07) is 6.91. The number of aromatic amines is 1. The second kappa shape index (κ2) is 6.37. The number of H-pyrrole nitrogens is 1. The van der Waals surface area contributed by atoms with Crippen LogP contribution in [0.4, 0.5) is 5.69 Å². The number of hydrogen-bond donors (Lipinski definition) is 1. The predicted octanol–water partition coefficient (Wildman–Crippen LogP) is 0.751. The highest BCUT2D eigenvalue weighted by molar-refractivity contribution is 7.99. The smallest absolute Gasteiger partial charge is 0.250 e. The van der Waals surface area contributed by atoms with Crippen molar-refractivity contribution in [2.45, 2.75) is 13.0 Å². The Kier molecular flexibility index (Phi) is 4.28. The van der Waals surface area contributed by atoms with Crippen LogP contribution in [0.25, 0.3) is 11.4 Å². The standard InChI is InChI=1S/C14H16N6O2S/c1-9(21)20-8-23-7-12(20)14(22)19(2)11-5-3-4-10(6-11)13-15-17-18-16-13/h3-6,12H,7-8H2,1-2H3,(H,15,16,17,18)/t12-/m1/s1. The van der Waals surface area contributed by atoms with Crippen molar-refractivity contribution in [3.05, 3.63) is 24.3 Å². The number of nitrogens with zero attached hydrogens (tertiary/aromatic N) is 5. The molecule has 2 amide bonds. The van der Waals surface area contributed by atoms with Gasteiger partial charge in [0.25, 0.3) is 0 Å². The second-order valence-corrected chi connectivity index (χ2v) is 6.19. The van der Waals surface area contributed by atoms with Crippen molar-refractivity contribution in [1.29, 1.82) is 0 Å². The highest BCUT2D eigenvalue weighted by Crippen LogP contribution is 2.26. The van der Waals surface area contributed by atoms with E-state index in [1.807, 2.05) is 24.3 Å². The predicted molar refractivity (Wildman–Crippen MR) is 86.7 cm³/mol. The summed E-state index contributed by atoms with van der Waals surface area (Å²) in [4.78, 5) is 27.5. The molecule has 1 N–H and O–H groups in total. The van der Waals surface area contributed by atoms with Crippen LogP contribution in [0, 0.1) is 0 Å². The van der Waals surface area contributed by atoms with E-state index in [-0.39, 0.29) is 11.8 Å². The molecule has 1 saturated heterocycles. The fourth-order valence-electron chi connectivity index (χ4n) is 2.45. The summed E-state index contributed by atoms with van der Waals surface area (Å²) in [5.74, 6) is 1.46. The van der Waals surface area contributed by atoms with Gasteiger partial charge in [-0.2, -0.15) is 5.21 Å². The van der Waals surface area contributed by atoms with Gasteiger partial charge in [0.1, 0.15) is 6.04 Å². The number of rotatable bonds is 3. The zero-order chi connectivity index (χ0) is 16.4. The number of benzene rings is 1. The Hall–Kier alpha value is -2.42. The summed E-state index contributed by atoms with van der Waals surface area (Å²) in [5.41, 5.74) is 1.48. The third-order valence-corrected chi connectivity index (χ3v) is 4.75. The molecule has 8 nitrogen and oxygen atoms in total. The summed E-state index contributed by atoms with van der Waals surface area (Å²) in [5, 5.41) is 13.8. The third-order valence-electron chi connectivity index (χ3n) is 3.74. The van der Waals surface area contributed by atoms with Crippen LogP contribution in [-0.4, -0.2) is 62.1 Å². The van der Waals surface area contributed by atoms with Gasteiger partial charge in [-0.05, 0) is 17.3 Å². The molecule has 1 aromatic carbocycles. The SMILES string of the molecule is CC(=O)N1CSC[C@@H]1C(=O)N(C)c1cccc(-c2nn[nH]n2)c1. The normalized spacial score (nSPS) is 17.3. The molecule has 0 bridgehead atoms. The first-order chi connectivity index (χ1) is 11.1. The van der Waals surface area contributed by atoms with E-state index in [4.69, 9.17) is 0 Å². The summed E-state index contributed by atoms with van der Waals surface area (Å²) in [7, 11) is 1.71. The minimum Gasteiger partial charge on any atom is -0.321 e. The monoisotopic (exact) mass is 332 g/mol. The van der Waals surface area contributed by atoms with Crippen molar-refractivity contribution in [3.63, 3.8) is 0 Å². The lowest BCUT2D eigenvalue weighted by Crippen LogP contribution is -2.47. The van der Waals surface area contributed by atoms with E-state index in [1.54, 1.807) is 28.6 Å². The molecular formula is C14H16N6O2S. The number of amides is 2. The number of hydrogen-bond acceptors (Lipinski definition) is 6. The maximum absolute atomic E-state index is 12.7. The number of carbonyl (C=O) groups is 2. The molecule has 9 heteroatoms. The average Bonchev–Trinajstić information content (AvgIpc) is 3.24. The van der Waals surface area contributed by atoms with Gasteiger partial charge < -0.3 is 9.80 Å². The molecule has 0 spiro atoms. The molecule has 0 saturated carbocycles. The van der Waals surface area contributed by atoms with Crippen LogP contribution >= 0.6 is 11.8 Å². The van der Waals surface area contributed by atoms with Crippen molar-refractivity contribution in [1.82, 2.24) is 25.5 Å². The molecule has 2 heterocycles. The van der Waals surface area contributed by atoms with Crippen LogP contribution in [0.3, 0.4) is 0 Å². The molecule has 1 fully saturated rings. The van der Waals surface area contributed by atoms with Crippen LogP contribution < -0.4 is 4.90 Å². The summed E-state index contributed by atoms with van der Waals surface area (Å²) in [6.45, 7) is 1.49. The molecule has 120 valence electrons. The van der Waals surface area contributed by atoms with Gasteiger partial charge in [-0.25, -0.2) is 0 Å². The van der Waals surface area contributed by atoms with Crippen molar-refractivity contribution >= 4 is 29.3 Å². The van der Waals surface area contributed by atoms with E-state index in [0.29, 0.717) is 17.5 Å². The van der Waals surface area contributed by atoms with Crippen LogP contribution in [0.2, 0.25) is 0 Å². The zero-order valence-corrected chi connectivity index (χ0v) is 13.6. The first-order valence-electron chi connectivity index (χ1n) is 7.04. The van der Waals surface area contributed by atoms with Gasteiger partial charge in [-0.15, -0.1) is 22.0 Å². The van der Waals surface area contributed by atoms with E-state index in [1.165, 1.54) is 6.92 Å². The van der Waals surface area contributed by atoms with Crippen LogP contribution in [-0.2, 0) is 9.59 Å². The van der Waals surface area contributed by atoms with Crippen LogP contribution in [0.1, 0.15) is 6.92 Å². The van der Waals surface area contributed by atoms with Gasteiger partial charge in [0.05, 0.1) is 5.88 Å². The molecule has 23 heavy (non-hydrogen) atoms. The van der Waals surface area contributed by atoms with Gasteiger partial charge in [-0.1, -0.05) is 12.1 Å². The van der Waals surface area contributed by atoms with E-state index in [2.05, 4.69) is 20.6 Å². The zero-order valence-electron chi connectivity index (χ0n) is 12.8. The van der Waals surface area contributed by atoms with Gasteiger partial charge in [0.2, 0.25) is 17.6 Å². The van der Waals surface area contributed by atoms with E-state index in [0.717, 1.165) is 11.3 Å². The van der Waals surface area contributed by atoms with E-state index in [9.17, 15) is 9.59 Å². The van der Waals surface area contributed by atoms with Gasteiger partial charge in [-0.3, -0.25) is 9.59 Å². The Balaban J connectivity index is 1.83. The molecule has 0 radical (unpaired) electrons. The Morgan fingerprint density at radius 3 is 2.96 bits per heavy atom. The number of carbonyl (C=O) groups excluding carboxylic acids is 2. The summed E-state index contributed by atoms with van der Waals surface area (Å²) < 4.78 is 0. The van der Waals surface area contributed by atoms with Crippen molar-refractivity contribution in [2.75, 3.05) is 23.6 Å². The maximum Gasteiger partial charge on any atom is 0.250 e. The molecule has 3 rings (SSSR count). The molecule has 1 aromatic heterocycles. The number of tetrazole rings is 1. The first kappa shape index (κ1) is 15.5. The Labute approximate surface area is 137 Å². The third kappa shape index (κ3) is 3.04. The highest BCUT2D eigenvalue weighted by atomic mass is 32.2. The van der Waals surface area contributed by atoms with Gasteiger partial charge >= 0.3 is 0 Å². The van der Waals surface area contributed by atoms with Crippen LogP contribution in [0.5, 0.6) is 0 Å². The minimum absolute atomic E-state index is 0.0812. The molecule has 0 unspecified atom stereocenters. The second-order valence-electron chi connectivity index (χ2n) is 5.19. The molecule has 1 aliphatic heterocycles. The molecule has 1 atom stereocenters. The Bertz CT molecular complexity index is 720. The van der Waals surface area contributed by atoms with E-state index >= 15 is 0 Å². The maximum atomic E-state index is 12.7. The molecule has 1 aliphatic rings. The molecule has 2 aromatic rings. The van der Waals surface area contributed by atoms with E-state index < -0.39 is 6.04 Å². The number of anilines is 1. The van der Waals surface area contributed by atoms with Crippen molar-refractivity contribution in [2.24, 2.45) is 0 Å². The fourth-order valence-corrected chi connectivity index (χ4v) is 3.66. The minimum atomic E-state index is -0.420. The topological polar surface area (TPSA) is 95.1 Å². The molecular weight excluding hydrogens is 316 g/mol. The van der Waals surface area contributed by atoms with Crippen molar-refractivity contribution in [3.8, 4) is 11.4 Å². The lowest BCUT2D eigenvalue weighted by atomic mass is 10.1. The number of aromatic nitrogens is 4. The summed E-state index contributed by atoms with van der Waals surface area (Å²) >= 11 is 1.59. The Morgan fingerprint density at radius 2 is 2.26 bits per heavy atom. The fraction of sp³-hybridized carbons (Fsp3) is 0.357. The largest absolute Gasteiger partial charge is 0.321 e. The van der Waals surface area contributed by atoms with Crippen LogP contribution in [0.15, 0.2) is 24.3 Å². The van der Waals surface area contributed by atoms with Gasteiger partial charge in [0.15, 0.2) is 0 Å². The first-order valence-corrected chi connectivity index (χ1v) is 8.20. The highest BCUT2D eigenvalue weighted by Gasteiger charge is 2.35. The lowest BCUT2D eigenvalue weighted by molar-refractivity contribution is -0.135. The number of nitrogens with one attached hydrogen (secondary N) is 1. The average molecular weight is 332 g/mol. The number of likely N-dealkylation sites (N-methyl/N-ethyl adjacent to an activating group) is 1. The quantitative estimate of drug-likeness (QED) is 0.891. The number of thioether (sulfide) groups is 1.